The fourth-order valence-corrected chi connectivity index (χ4v) is 2.32. The molecule has 0 radical (unpaired) electrons. The number of pyridine rings is 1. The Kier molecular flexibility index (Phi) is 3.56. The first-order valence-electron chi connectivity index (χ1n) is 5.18. The van der Waals surface area contributed by atoms with Gasteiger partial charge in [-0.3, -0.25) is 9.78 Å². The number of hydrogen-bond donors (Lipinski definition) is 0. The van der Waals surface area contributed by atoms with Gasteiger partial charge in [0.25, 0.3) is 0 Å². The molecule has 0 amide bonds. The van der Waals surface area contributed by atoms with Crippen LogP contribution in [-0.2, 0) is 20.7 Å². The summed E-state index contributed by atoms with van der Waals surface area (Å²) in [5.74, 6) is -0.748. The first-order chi connectivity index (χ1) is 8.13. The minimum absolute atomic E-state index is 0.114. The predicted molar refractivity (Wildman–Crippen MR) is 70.3 cm³/mol. The third kappa shape index (κ3) is 2.38. The monoisotopic (exact) mass is 343 g/mol. The molecule has 4 nitrogen and oxygen atoms in total. The van der Waals surface area contributed by atoms with Gasteiger partial charge in [-0.25, -0.2) is 4.79 Å². The number of carbonyl (C=O) groups is 2. The number of fused-ring (bicyclic) bond motifs is 1. The average Bonchev–Trinajstić information content (AvgIpc) is 2.30. The number of ether oxygens (including phenoxy) is 1. The van der Waals surface area contributed by atoms with E-state index >= 15 is 0 Å². The van der Waals surface area contributed by atoms with E-state index < -0.39 is 5.97 Å². The van der Waals surface area contributed by atoms with E-state index in [1.807, 2.05) is 0 Å². The van der Waals surface area contributed by atoms with Crippen LogP contribution >= 0.6 is 22.6 Å². The Morgan fingerprint density at radius 1 is 1.53 bits per heavy atom. The molecule has 0 bridgehead atoms. The third-order valence-corrected chi connectivity index (χ3v) is 3.40. The molecule has 88 valence electrons. The fraction of sp³-hybridized carbons (Fsp3) is 0.250. The molecule has 0 fully saturated rings. The molecule has 1 aliphatic rings. The summed E-state index contributed by atoms with van der Waals surface area (Å²) in [6, 6.07) is 0. The topological polar surface area (TPSA) is 56.3 Å². The van der Waals surface area contributed by atoms with E-state index in [-0.39, 0.29) is 24.4 Å². The van der Waals surface area contributed by atoms with Crippen molar-refractivity contribution in [3.8, 4) is 0 Å². The minimum Gasteiger partial charge on any atom is -0.462 e. The van der Waals surface area contributed by atoms with Crippen LogP contribution in [0.3, 0.4) is 0 Å². The number of carbonyl (C=O) groups excluding carboxylic acids is 2. The molecule has 0 N–H and O–H groups in total. The lowest BCUT2D eigenvalue weighted by molar-refractivity contribution is -0.139. The average molecular weight is 343 g/mol. The lowest BCUT2D eigenvalue weighted by atomic mass is 9.93. The first-order valence-corrected chi connectivity index (χ1v) is 6.25. The molecule has 2 rings (SSSR count). The number of hydrogen-bond acceptors (Lipinski definition) is 4. The summed E-state index contributed by atoms with van der Waals surface area (Å²) in [6.45, 7) is 1.98. The first kappa shape index (κ1) is 12.2. The number of esters is 1. The zero-order chi connectivity index (χ0) is 12.4. The summed E-state index contributed by atoms with van der Waals surface area (Å²) in [7, 11) is 0. The van der Waals surface area contributed by atoms with Gasteiger partial charge < -0.3 is 4.74 Å². The number of halogens is 1. The molecule has 0 aliphatic heterocycles. The van der Waals surface area contributed by atoms with Crippen molar-refractivity contribution in [2.75, 3.05) is 6.61 Å². The largest absolute Gasteiger partial charge is 0.462 e. The van der Waals surface area contributed by atoms with Crippen molar-refractivity contribution < 1.29 is 14.3 Å². The van der Waals surface area contributed by atoms with Crippen molar-refractivity contribution in [2.45, 2.75) is 13.3 Å². The molecular formula is C12H10INO3. The smallest absolute Gasteiger partial charge is 0.341 e. The van der Waals surface area contributed by atoms with E-state index in [9.17, 15) is 9.59 Å². The van der Waals surface area contributed by atoms with Gasteiger partial charge in [0.05, 0.1) is 6.61 Å². The second-order valence-corrected chi connectivity index (χ2v) is 4.73. The molecule has 0 aromatic carbocycles. The Morgan fingerprint density at radius 2 is 2.29 bits per heavy atom. The molecule has 17 heavy (non-hydrogen) atoms. The van der Waals surface area contributed by atoms with Crippen molar-refractivity contribution in [2.24, 2.45) is 0 Å². The van der Waals surface area contributed by atoms with Crippen LogP contribution in [0, 0.1) is 3.57 Å². The van der Waals surface area contributed by atoms with Gasteiger partial charge in [0.15, 0.2) is 5.78 Å². The van der Waals surface area contributed by atoms with Crippen molar-refractivity contribution in [1.29, 1.82) is 0 Å². The maximum atomic E-state index is 11.8. The lowest BCUT2D eigenvalue weighted by Gasteiger charge is -2.15. The van der Waals surface area contributed by atoms with Gasteiger partial charge in [-0.1, -0.05) is 0 Å². The lowest BCUT2D eigenvalue weighted by Crippen LogP contribution is -2.21. The van der Waals surface area contributed by atoms with Crippen LogP contribution in [0.2, 0.25) is 0 Å². The standard InChI is InChI=1S/C12H10INO3/c1-2-17-12(16)9-3-7-5-14-6-10(13)8(7)4-11(9)15/h3,5-6H,2,4H2,1H3. The third-order valence-electron chi connectivity index (χ3n) is 2.47. The number of rotatable bonds is 2. The van der Waals surface area contributed by atoms with Crippen LogP contribution < -0.4 is 0 Å². The molecule has 0 unspecified atom stereocenters. The van der Waals surface area contributed by atoms with Crippen molar-refractivity contribution >= 4 is 40.4 Å². The quantitative estimate of drug-likeness (QED) is 0.467. The summed E-state index contributed by atoms with van der Waals surface area (Å²) in [5, 5.41) is 0. The summed E-state index contributed by atoms with van der Waals surface area (Å²) >= 11 is 2.13. The number of nitrogens with zero attached hydrogens (tertiary/aromatic N) is 1. The van der Waals surface area contributed by atoms with Gasteiger partial charge in [-0.15, -0.1) is 0 Å². The molecular weight excluding hydrogens is 333 g/mol. The Bertz CT molecular complexity index is 522. The molecule has 5 heteroatoms. The van der Waals surface area contributed by atoms with Crippen molar-refractivity contribution in [3.05, 3.63) is 32.7 Å². The van der Waals surface area contributed by atoms with Crippen LogP contribution in [0.4, 0.5) is 0 Å². The molecule has 1 aliphatic carbocycles. The highest BCUT2D eigenvalue weighted by atomic mass is 127. The van der Waals surface area contributed by atoms with Gasteiger partial charge in [0.2, 0.25) is 0 Å². The van der Waals surface area contributed by atoms with Crippen LogP contribution in [0.25, 0.3) is 6.08 Å². The number of Topliss-reactive ketones (excluding diaryl/α,β-unsaturated/α-hetero) is 1. The van der Waals surface area contributed by atoms with E-state index in [1.54, 1.807) is 25.4 Å². The molecule has 0 spiro atoms. The van der Waals surface area contributed by atoms with Gasteiger partial charge in [-0.2, -0.15) is 0 Å². The zero-order valence-electron chi connectivity index (χ0n) is 9.20. The van der Waals surface area contributed by atoms with E-state index in [0.29, 0.717) is 0 Å². The van der Waals surface area contributed by atoms with E-state index in [0.717, 1.165) is 14.7 Å². The second-order valence-electron chi connectivity index (χ2n) is 3.57. The predicted octanol–water partition coefficient (Wildman–Crippen LogP) is 1.76. The Balaban J connectivity index is 2.43. The highest BCUT2D eigenvalue weighted by molar-refractivity contribution is 14.1. The molecule has 0 saturated carbocycles. The molecule has 0 saturated heterocycles. The van der Waals surface area contributed by atoms with Crippen LogP contribution in [-0.4, -0.2) is 23.3 Å². The number of aromatic nitrogens is 1. The van der Waals surface area contributed by atoms with Crippen LogP contribution in [0.5, 0.6) is 0 Å². The molecule has 1 aromatic rings. The Labute approximate surface area is 112 Å². The van der Waals surface area contributed by atoms with Gasteiger partial charge in [-0.05, 0) is 46.7 Å². The molecule has 0 atom stereocenters. The molecule has 1 aromatic heterocycles. The maximum absolute atomic E-state index is 11.8. The van der Waals surface area contributed by atoms with Gasteiger partial charge >= 0.3 is 5.97 Å². The van der Waals surface area contributed by atoms with Gasteiger partial charge in [0.1, 0.15) is 5.57 Å². The maximum Gasteiger partial charge on any atom is 0.341 e. The van der Waals surface area contributed by atoms with Gasteiger partial charge in [0, 0.05) is 22.4 Å². The van der Waals surface area contributed by atoms with Crippen LogP contribution in [0.1, 0.15) is 18.1 Å². The summed E-state index contributed by atoms with van der Waals surface area (Å²) < 4.78 is 5.78. The molecule has 1 heterocycles. The normalized spacial score (nSPS) is 14.0. The Morgan fingerprint density at radius 3 is 3.00 bits per heavy atom. The van der Waals surface area contributed by atoms with E-state index in [4.69, 9.17) is 4.74 Å². The van der Waals surface area contributed by atoms with Crippen molar-refractivity contribution in [3.63, 3.8) is 0 Å². The fourth-order valence-electron chi connectivity index (χ4n) is 1.66. The SMILES string of the molecule is CCOC(=O)C1=Cc2cncc(I)c2CC1=O. The van der Waals surface area contributed by atoms with Crippen molar-refractivity contribution in [1.82, 2.24) is 4.98 Å². The summed E-state index contributed by atoms with van der Waals surface area (Å²) in [5.41, 5.74) is 1.86. The van der Waals surface area contributed by atoms with E-state index in [2.05, 4.69) is 27.6 Å². The van der Waals surface area contributed by atoms with E-state index in [1.165, 1.54) is 0 Å². The minimum atomic E-state index is -0.554. The summed E-state index contributed by atoms with van der Waals surface area (Å²) in [6.07, 6.45) is 5.16. The number of ketones is 1. The Hall–Kier alpha value is -1.24. The van der Waals surface area contributed by atoms with Crippen LogP contribution in [0.15, 0.2) is 18.0 Å². The highest BCUT2D eigenvalue weighted by Gasteiger charge is 2.26. The zero-order valence-corrected chi connectivity index (χ0v) is 11.4. The highest BCUT2D eigenvalue weighted by Crippen LogP contribution is 2.25. The second kappa shape index (κ2) is 4.95. The summed E-state index contributed by atoms with van der Waals surface area (Å²) in [4.78, 5) is 27.4.